The highest BCUT2D eigenvalue weighted by molar-refractivity contribution is 5.91. The van der Waals surface area contributed by atoms with Gasteiger partial charge in [-0.2, -0.15) is 0 Å². The molecule has 0 aromatic heterocycles. The van der Waals surface area contributed by atoms with Crippen molar-refractivity contribution in [2.75, 3.05) is 21.3 Å². The predicted molar refractivity (Wildman–Crippen MR) is 159 cm³/mol. The fraction of sp³-hybridized carbons (Fsp3) is 0.719. The van der Waals surface area contributed by atoms with E-state index in [0.29, 0.717) is 17.8 Å². The van der Waals surface area contributed by atoms with E-state index in [0.717, 1.165) is 32.6 Å². The maximum Gasteiger partial charge on any atom is 0.346 e. The Balaban J connectivity index is 5.75. The molecule has 0 fully saturated rings. The number of ether oxygens (including phenoxy) is 4. The molecule has 43 heavy (non-hydrogen) atoms. The normalized spacial score (nSPS) is 17.7. The van der Waals surface area contributed by atoms with E-state index in [4.69, 9.17) is 9.47 Å². The van der Waals surface area contributed by atoms with Crippen LogP contribution in [0.25, 0.3) is 0 Å². The highest BCUT2D eigenvalue weighted by atomic mass is 16.6. The molecule has 0 saturated heterocycles. The highest BCUT2D eigenvalue weighted by Gasteiger charge is 2.46. The lowest BCUT2D eigenvalue weighted by Crippen LogP contribution is -2.49. The topological polar surface area (TPSA) is 163 Å². The van der Waals surface area contributed by atoms with Crippen LogP contribution in [0.3, 0.4) is 0 Å². The Morgan fingerprint density at radius 3 is 1.79 bits per heavy atom. The molecule has 0 aliphatic carbocycles. The molecule has 8 unspecified atom stereocenters. The molecule has 0 aliphatic rings. The Morgan fingerprint density at radius 2 is 1.30 bits per heavy atom. The summed E-state index contributed by atoms with van der Waals surface area (Å²) in [5.41, 5.74) is 0.956. The van der Waals surface area contributed by atoms with Crippen LogP contribution < -0.4 is 0 Å². The molecule has 0 aliphatic heterocycles. The summed E-state index contributed by atoms with van der Waals surface area (Å²) in [7, 11) is 3.05. The smallest absolute Gasteiger partial charge is 0.346 e. The molecule has 0 bridgehead atoms. The lowest BCUT2D eigenvalue weighted by Gasteiger charge is -2.25. The van der Waals surface area contributed by atoms with Gasteiger partial charge in [0.2, 0.25) is 6.10 Å². The Hall–Kier alpha value is -3.21. The Morgan fingerprint density at radius 1 is 0.767 bits per heavy atom. The van der Waals surface area contributed by atoms with Crippen molar-refractivity contribution in [3.63, 3.8) is 0 Å². The molecule has 0 radical (unpaired) electrons. The van der Waals surface area contributed by atoms with Crippen LogP contribution in [0.2, 0.25) is 0 Å². The van der Waals surface area contributed by atoms with Crippen LogP contribution in [0.15, 0.2) is 23.3 Å². The summed E-state index contributed by atoms with van der Waals surface area (Å²) in [5.74, 6) is -7.20. The third-order valence-electron chi connectivity index (χ3n) is 7.47. The molecular formula is C32H52O11. The van der Waals surface area contributed by atoms with Gasteiger partial charge in [-0.1, -0.05) is 59.6 Å². The lowest BCUT2D eigenvalue weighted by molar-refractivity contribution is -0.185. The largest absolute Gasteiger partial charge is 0.478 e. The molecule has 8 atom stereocenters. The van der Waals surface area contributed by atoms with Gasteiger partial charge in [0.25, 0.3) is 0 Å². The lowest BCUT2D eigenvalue weighted by atomic mass is 9.84. The summed E-state index contributed by atoms with van der Waals surface area (Å²) < 4.78 is 18.9. The van der Waals surface area contributed by atoms with Crippen molar-refractivity contribution in [3.05, 3.63) is 23.3 Å². The number of aliphatic hydroxyl groups is 1. The number of rotatable bonds is 19. The van der Waals surface area contributed by atoms with Gasteiger partial charge < -0.3 is 29.2 Å². The van der Waals surface area contributed by atoms with Crippen LogP contribution in [-0.2, 0) is 42.9 Å². The highest BCUT2D eigenvalue weighted by Crippen LogP contribution is 2.27. The first-order chi connectivity index (χ1) is 20.0. The number of carbonyl (C=O) groups is 5. The van der Waals surface area contributed by atoms with Crippen molar-refractivity contribution in [1.82, 2.24) is 0 Å². The van der Waals surface area contributed by atoms with E-state index in [2.05, 4.69) is 50.2 Å². The maximum absolute atomic E-state index is 12.9. The van der Waals surface area contributed by atoms with Gasteiger partial charge in [-0.15, -0.1) is 0 Å². The van der Waals surface area contributed by atoms with Crippen LogP contribution >= 0.6 is 0 Å². The quantitative estimate of drug-likeness (QED) is 0.0914. The Kier molecular flexibility index (Phi) is 18.4. The summed E-state index contributed by atoms with van der Waals surface area (Å²) >= 11 is 0. The predicted octanol–water partition coefficient (Wildman–Crippen LogP) is 4.50. The Labute approximate surface area is 256 Å². The molecule has 0 spiro atoms. The number of hydrogen-bond donors (Lipinski definition) is 2. The van der Waals surface area contributed by atoms with Crippen LogP contribution in [0.5, 0.6) is 0 Å². The third-order valence-corrected chi connectivity index (χ3v) is 7.47. The SMILES string of the molecule is CCC(C)CC(C)CC(C)CC(C)/C=C(C)/C=C(\CC(C)C(=O)OC(C(=O)O)C(C(=O)OC)C(O)C(=O)OC)C(=O)OC. The van der Waals surface area contributed by atoms with Crippen molar-refractivity contribution in [2.45, 2.75) is 92.8 Å². The average Bonchev–Trinajstić information content (AvgIpc) is 2.94. The number of methoxy groups -OCH3 is 3. The molecule has 0 heterocycles. The fourth-order valence-electron chi connectivity index (χ4n) is 5.29. The van der Waals surface area contributed by atoms with E-state index in [-0.39, 0.29) is 17.9 Å². The summed E-state index contributed by atoms with van der Waals surface area (Å²) in [6, 6.07) is 0. The molecule has 0 saturated carbocycles. The van der Waals surface area contributed by atoms with E-state index < -0.39 is 53.9 Å². The first-order valence-corrected chi connectivity index (χ1v) is 14.8. The molecule has 0 rings (SSSR count). The second kappa shape index (κ2) is 19.9. The van der Waals surface area contributed by atoms with Crippen molar-refractivity contribution < 1.29 is 53.1 Å². The number of carboxylic acids is 1. The van der Waals surface area contributed by atoms with Gasteiger partial charge in [-0.3, -0.25) is 9.59 Å². The molecule has 0 aromatic rings. The first kappa shape index (κ1) is 39.8. The monoisotopic (exact) mass is 612 g/mol. The van der Waals surface area contributed by atoms with Crippen LogP contribution in [0.4, 0.5) is 0 Å². The average molecular weight is 613 g/mol. The van der Waals surface area contributed by atoms with Crippen LogP contribution in [0.1, 0.15) is 80.6 Å². The van der Waals surface area contributed by atoms with Gasteiger partial charge in [0, 0.05) is 5.57 Å². The second-order valence-electron chi connectivity index (χ2n) is 11.8. The van der Waals surface area contributed by atoms with E-state index in [1.165, 1.54) is 26.9 Å². The molecule has 2 N–H and O–H groups in total. The van der Waals surface area contributed by atoms with Gasteiger partial charge in [-0.25, -0.2) is 14.4 Å². The summed E-state index contributed by atoms with van der Waals surface area (Å²) in [6.45, 7) is 14.4. The molecular weight excluding hydrogens is 560 g/mol. The number of aliphatic carboxylic acids is 1. The number of hydrogen-bond acceptors (Lipinski definition) is 10. The maximum atomic E-state index is 12.9. The molecule has 11 nitrogen and oxygen atoms in total. The molecule has 0 amide bonds. The van der Waals surface area contributed by atoms with Crippen molar-refractivity contribution in [2.24, 2.45) is 35.5 Å². The van der Waals surface area contributed by atoms with E-state index in [1.807, 2.05) is 6.92 Å². The van der Waals surface area contributed by atoms with Crippen molar-refractivity contribution >= 4 is 29.8 Å². The third kappa shape index (κ3) is 14.2. The van der Waals surface area contributed by atoms with Gasteiger partial charge in [-0.05, 0) is 62.4 Å². The first-order valence-electron chi connectivity index (χ1n) is 14.8. The number of aliphatic hydroxyl groups excluding tert-OH is 1. The minimum absolute atomic E-state index is 0.161. The van der Waals surface area contributed by atoms with Crippen molar-refractivity contribution in [3.8, 4) is 0 Å². The van der Waals surface area contributed by atoms with E-state index >= 15 is 0 Å². The summed E-state index contributed by atoms with van der Waals surface area (Å²) in [5, 5.41) is 19.9. The number of esters is 4. The van der Waals surface area contributed by atoms with Crippen LogP contribution in [0, 0.1) is 35.5 Å². The van der Waals surface area contributed by atoms with Gasteiger partial charge in [0.05, 0.1) is 27.2 Å². The summed E-state index contributed by atoms with van der Waals surface area (Å²) in [6.07, 6.45) is 3.47. The zero-order valence-electron chi connectivity index (χ0n) is 27.4. The van der Waals surface area contributed by atoms with Crippen molar-refractivity contribution in [1.29, 1.82) is 0 Å². The zero-order chi connectivity index (χ0) is 33.4. The number of allylic oxidation sites excluding steroid dienone is 3. The number of carboxylic acid groups (broad SMARTS) is 1. The van der Waals surface area contributed by atoms with Crippen LogP contribution in [-0.4, -0.2) is 73.6 Å². The van der Waals surface area contributed by atoms with Gasteiger partial charge in [0.1, 0.15) is 5.92 Å². The minimum Gasteiger partial charge on any atom is -0.478 e. The fourth-order valence-corrected chi connectivity index (χ4v) is 5.29. The van der Waals surface area contributed by atoms with Gasteiger partial charge in [0.15, 0.2) is 6.10 Å². The molecule has 246 valence electrons. The zero-order valence-corrected chi connectivity index (χ0v) is 27.4. The van der Waals surface area contributed by atoms with Gasteiger partial charge >= 0.3 is 29.8 Å². The van der Waals surface area contributed by atoms with E-state index in [1.54, 1.807) is 6.08 Å². The molecule has 11 heteroatoms. The standard InChI is InChI=1S/C32H52O11/c1-11-18(2)12-19(3)13-20(4)14-21(5)15-22(6)16-24(30(37)40-8)17-23(7)29(36)43-27(28(34)35)25(31(38)41-9)26(33)32(39)42-10/h15-16,18-21,23,25-27,33H,11-14,17H2,1-10H3,(H,34,35)/b22-15+,24-16+. The minimum atomic E-state index is -2.27. The Bertz CT molecular complexity index is 999. The number of carbonyl (C=O) groups excluding carboxylic acids is 4. The van der Waals surface area contributed by atoms with E-state index in [9.17, 15) is 34.2 Å². The second-order valence-corrected chi connectivity index (χ2v) is 11.8. The summed E-state index contributed by atoms with van der Waals surface area (Å²) in [4.78, 5) is 61.5. The molecule has 0 aromatic carbocycles.